The van der Waals surface area contributed by atoms with Crippen molar-refractivity contribution in [3.63, 3.8) is 0 Å². The Labute approximate surface area is 165 Å². The average molecular weight is 378 g/mol. The van der Waals surface area contributed by atoms with Crippen LogP contribution in [0.5, 0.6) is 11.5 Å². The van der Waals surface area contributed by atoms with Crippen molar-refractivity contribution in [1.29, 1.82) is 0 Å². The summed E-state index contributed by atoms with van der Waals surface area (Å²) in [6.45, 7) is 4.25. The second-order valence-electron chi connectivity index (χ2n) is 6.21. The molecule has 1 aromatic heterocycles. The van der Waals surface area contributed by atoms with Gasteiger partial charge in [0.05, 0.1) is 0 Å². The van der Waals surface area contributed by atoms with Crippen molar-refractivity contribution in [3.8, 4) is 11.5 Å². The Morgan fingerprint density at radius 1 is 1.07 bits per heavy atom. The SMILES string of the molecule is CCc1nncn1CCNC(=NC)NCc1cccc(Oc2ccccc2)c1. The molecule has 146 valence electrons. The number of aryl methyl sites for hydroxylation is 1. The lowest BCUT2D eigenvalue weighted by Gasteiger charge is -2.13. The van der Waals surface area contributed by atoms with Gasteiger partial charge < -0.3 is 19.9 Å². The van der Waals surface area contributed by atoms with E-state index < -0.39 is 0 Å². The van der Waals surface area contributed by atoms with Crippen LogP contribution < -0.4 is 15.4 Å². The van der Waals surface area contributed by atoms with Crippen molar-refractivity contribution in [3.05, 3.63) is 72.3 Å². The molecule has 7 nitrogen and oxygen atoms in total. The summed E-state index contributed by atoms with van der Waals surface area (Å²) in [7, 11) is 1.76. The van der Waals surface area contributed by atoms with E-state index in [2.05, 4.69) is 38.8 Å². The lowest BCUT2D eigenvalue weighted by molar-refractivity contribution is 0.482. The van der Waals surface area contributed by atoms with Crippen LogP contribution in [0.15, 0.2) is 65.9 Å². The summed E-state index contributed by atoms with van der Waals surface area (Å²) in [6, 6.07) is 17.8. The number of para-hydroxylation sites is 1. The maximum Gasteiger partial charge on any atom is 0.191 e. The maximum atomic E-state index is 5.89. The van der Waals surface area contributed by atoms with Crippen molar-refractivity contribution in [1.82, 2.24) is 25.4 Å². The molecule has 0 spiro atoms. The average Bonchev–Trinajstić information content (AvgIpc) is 3.19. The summed E-state index contributed by atoms with van der Waals surface area (Å²) < 4.78 is 7.94. The van der Waals surface area contributed by atoms with Crippen LogP contribution in [0.3, 0.4) is 0 Å². The molecule has 28 heavy (non-hydrogen) atoms. The minimum Gasteiger partial charge on any atom is -0.457 e. The van der Waals surface area contributed by atoms with Gasteiger partial charge in [0.15, 0.2) is 5.96 Å². The number of guanidine groups is 1. The van der Waals surface area contributed by atoms with E-state index in [1.54, 1.807) is 13.4 Å². The molecule has 0 unspecified atom stereocenters. The first-order valence-electron chi connectivity index (χ1n) is 9.41. The van der Waals surface area contributed by atoms with Crippen molar-refractivity contribution in [2.45, 2.75) is 26.4 Å². The Balaban J connectivity index is 1.49. The second kappa shape index (κ2) is 10.1. The van der Waals surface area contributed by atoms with Crippen LogP contribution in [0.2, 0.25) is 0 Å². The normalized spacial score (nSPS) is 11.3. The molecular weight excluding hydrogens is 352 g/mol. The summed E-state index contributed by atoms with van der Waals surface area (Å²) in [6.07, 6.45) is 2.63. The number of benzene rings is 2. The minimum atomic E-state index is 0.651. The van der Waals surface area contributed by atoms with E-state index >= 15 is 0 Å². The van der Waals surface area contributed by atoms with Gasteiger partial charge in [-0.15, -0.1) is 10.2 Å². The first-order valence-corrected chi connectivity index (χ1v) is 9.41. The predicted octanol–water partition coefficient (Wildman–Crippen LogP) is 3.00. The lowest BCUT2D eigenvalue weighted by atomic mass is 10.2. The Kier molecular flexibility index (Phi) is 7.01. The van der Waals surface area contributed by atoms with Crippen LogP contribution in [-0.2, 0) is 19.5 Å². The van der Waals surface area contributed by atoms with Crippen LogP contribution in [0.1, 0.15) is 18.3 Å². The Hall–Kier alpha value is -3.35. The van der Waals surface area contributed by atoms with Gasteiger partial charge in [0.1, 0.15) is 23.7 Å². The summed E-state index contributed by atoms with van der Waals surface area (Å²) in [5.41, 5.74) is 1.11. The summed E-state index contributed by atoms with van der Waals surface area (Å²) >= 11 is 0. The van der Waals surface area contributed by atoms with E-state index in [1.807, 2.05) is 53.1 Å². The third-order valence-electron chi connectivity index (χ3n) is 4.22. The van der Waals surface area contributed by atoms with Gasteiger partial charge in [-0.3, -0.25) is 4.99 Å². The van der Waals surface area contributed by atoms with Gasteiger partial charge in [-0.2, -0.15) is 0 Å². The number of hydrogen-bond donors (Lipinski definition) is 2. The van der Waals surface area contributed by atoms with Gasteiger partial charge in [0.25, 0.3) is 0 Å². The molecule has 0 amide bonds. The molecule has 0 saturated heterocycles. The van der Waals surface area contributed by atoms with E-state index in [1.165, 1.54) is 0 Å². The standard InChI is InChI=1S/C21H26N6O/c1-3-20-26-25-16-27(20)13-12-23-21(22-2)24-15-17-8-7-11-19(14-17)28-18-9-5-4-6-10-18/h4-11,14,16H,3,12-13,15H2,1-2H3,(H2,22,23,24). The molecule has 0 aliphatic rings. The highest BCUT2D eigenvalue weighted by molar-refractivity contribution is 5.79. The van der Waals surface area contributed by atoms with Crippen molar-refractivity contribution in [2.24, 2.45) is 4.99 Å². The molecule has 0 saturated carbocycles. The van der Waals surface area contributed by atoms with Crippen LogP contribution in [0, 0.1) is 0 Å². The number of ether oxygens (including phenoxy) is 1. The molecule has 0 atom stereocenters. The number of rotatable bonds is 8. The third kappa shape index (κ3) is 5.57. The van der Waals surface area contributed by atoms with E-state index in [-0.39, 0.29) is 0 Å². The lowest BCUT2D eigenvalue weighted by Crippen LogP contribution is -2.38. The van der Waals surface area contributed by atoms with E-state index in [0.717, 1.165) is 48.4 Å². The highest BCUT2D eigenvalue weighted by Crippen LogP contribution is 2.21. The monoisotopic (exact) mass is 378 g/mol. The second-order valence-corrected chi connectivity index (χ2v) is 6.21. The molecule has 0 bridgehead atoms. The molecule has 0 aliphatic carbocycles. The Morgan fingerprint density at radius 2 is 1.89 bits per heavy atom. The smallest absolute Gasteiger partial charge is 0.191 e. The van der Waals surface area contributed by atoms with Crippen molar-refractivity contribution >= 4 is 5.96 Å². The zero-order valence-corrected chi connectivity index (χ0v) is 16.3. The molecule has 7 heteroatoms. The molecule has 0 fully saturated rings. The van der Waals surface area contributed by atoms with Crippen LogP contribution in [-0.4, -0.2) is 34.3 Å². The summed E-state index contributed by atoms with van der Waals surface area (Å²) in [4.78, 5) is 4.28. The zero-order valence-electron chi connectivity index (χ0n) is 16.3. The van der Waals surface area contributed by atoms with Crippen LogP contribution in [0.25, 0.3) is 0 Å². The fourth-order valence-corrected chi connectivity index (χ4v) is 2.78. The largest absolute Gasteiger partial charge is 0.457 e. The molecule has 2 aromatic carbocycles. The topological polar surface area (TPSA) is 76.4 Å². The molecule has 1 heterocycles. The van der Waals surface area contributed by atoms with Gasteiger partial charge in [0, 0.05) is 33.1 Å². The number of aromatic nitrogens is 3. The van der Waals surface area contributed by atoms with Gasteiger partial charge >= 0.3 is 0 Å². The van der Waals surface area contributed by atoms with Crippen LogP contribution >= 0.6 is 0 Å². The Morgan fingerprint density at radius 3 is 2.68 bits per heavy atom. The predicted molar refractivity (Wildman–Crippen MR) is 111 cm³/mol. The molecule has 3 aromatic rings. The first-order chi connectivity index (χ1) is 13.8. The maximum absolute atomic E-state index is 5.89. The van der Waals surface area contributed by atoms with E-state index in [4.69, 9.17) is 4.74 Å². The number of aliphatic imine (C=N–C) groups is 1. The van der Waals surface area contributed by atoms with Gasteiger partial charge in [-0.05, 0) is 29.8 Å². The summed E-state index contributed by atoms with van der Waals surface area (Å²) in [5, 5.41) is 14.7. The fraction of sp³-hybridized carbons (Fsp3) is 0.286. The molecule has 3 rings (SSSR count). The van der Waals surface area contributed by atoms with Crippen LogP contribution in [0.4, 0.5) is 0 Å². The number of nitrogens with zero attached hydrogens (tertiary/aromatic N) is 4. The highest BCUT2D eigenvalue weighted by Gasteiger charge is 2.03. The first kappa shape index (κ1) is 19.4. The molecular formula is C21H26N6O. The molecule has 0 aliphatic heterocycles. The number of hydrogen-bond acceptors (Lipinski definition) is 4. The zero-order chi connectivity index (χ0) is 19.6. The fourth-order valence-electron chi connectivity index (χ4n) is 2.78. The number of nitrogens with one attached hydrogen (secondary N) is 2. The van der Waals surface area contributed by atoms with Crippen molar-refractivity contribution < 1.29 is 4.74 Å². The quantitative estimate of drug-likeness (QED) is 0.465. The highest BCUT2D eigenvalue weighted by atomic mass is 16.5. The van der Waals surface area contributed by atoms with Gasteiger partial charge in [-0.25, -0.2) is 0 Å². The molecule has 0 radical (unpaired) electrons. The Bertz CT molecular complexity index is 891. The van der Waals surface area contributed by atoms with Gasteiger partial charge in [-0.1, -0.05) is 37.3 Å². The van der Waals surface area contributed by atoms with Gasteiger partial charge in [0.2, 0.25) is 0 Å². The van der Waals surface area contributed by atoms with E-state index in [9.17, 15) is 0 Å². The molecule has 2 N–H and O–H groups in total. The third-order valence-corrected chi connectivity index (χ3v) is 4.22. The minimum absolute atomic E-state index is 0.651. The summed E-state index contributed by atoms with van der Waals surface area (Å²) in [5.74, 6) is 3.37. The van der Waals surface area contributed by atoms with Crippen molar-refractivity contribution in [2.75, 3.05) is 13.6 Å². The van der Waals surface area contributed by atoms with E-state index in [0.29, 0.717) is 6.54 Å².